The molecule has 0 spiro atoms. The van der Waals surface area contributed by atoms with Crippen molar-refractivity contribution in [1.29, 1.82) is 5.26 Å². The molecule has 41 heavy (non-hydrogen) atoms. The van der Waals surface area contributed by atoms with Gasteiger partial charge < -0.3 is 19.7 Å². The lowest BCUT2D eigenvalue weighted by Gasteiger charge is -2.30. The van der Waals surface area contributed by atoms with E-state index in [1.54, 1.807) is 30.2 Å². The quantitative estimate of drug-likeness (QED) is 0.222. The van der Waals surface area contributed by atoms with Crippen LogP contribution in [0.1, 0.15) is 39.7 Å². The number of rotatable bonds is 10. The third-order valence-corrected chi connectivity index (χ3v) is 6.58. The number of ether oxygens (including phenoxy) is 2. The maximum Gasteiger partial charge on any atom is 0.327 e. The summed E-state index contributed by atoms with van der Waals surface area (Å²) in [5, 5.41) is 27.5. The Balaban J connectivity index is 1.57. The highest BCUT2D eigenvalue weighted by atomic mass is 16.6. The topological polar surface area (TPSA) is 170 Å². The summed E-state index contributed by atoms with van der Waals surface area (Å²) in [6.07, 6.45) is 2.24. The maximum absolute atomic E-state index is 13.8. The van der Waals surface area contributed by atoms with E-state index in [9.17, 15) is 29.8 Å². The number of nitriles is 1. The molecule has 1 aliphatic rings. The van der Waals surface area contributed by atoms with Crippen LogP contribution in [0.5, 0.6) is 5.75 Å². The first kappa shape index (κ1) is 28.8. The van der Waals surface area contributed by atoms with E-state index in [0.717, 1.165) is 11.3 Å². The van der Waals surface area contributed by atoms with Crippen molar-refractivity contribution in [2.45, 2.75) is 38.9 Å². The first-order valence-corrected chi connectivity index (χ1v) is 12.8. The molecule has 1 N–H and O–H groups in total. The molecule has 0 fully saturated rings. The van der Waals surface area contributed by atoms with Gasteiger partial charge >= 0.3 is 5.97 Å². The van der Waals surface area contributed by atoms with Crippen molar-refractivity contribution in [1.82, 2.24) is 20.0 Å². The second-order valence-corrected chi connectivity index (χ2v) is 9.29. The van der Waals surface area contributed by atoms with E-state index < -0.39 is 22.8 Å². The molecule has 0 saturated heterocycles. The van der Waals surface area contributed by atoms with Gasteiger partial charge in [-0.1, -0.05) is 12.1 Å². The van der Waals surface area contributed by atoms with Crippen molar-refractivity contribution in [2.24, 2.45) is 0 Å². The van der Waals surface area contributed by atoms with Crippen molar-refractivity contribution in [3.63, 3.8) is 0 Å². The van der Waals surface area contributed by atoms with Gasteiger partial charge in [0.25, 0.3) is 11.6 Å². The van der Waals surface area contributed by atoms with Crippen LogP contribution in [-0.2, 0) is 40.3 Å². The molecule has 212 valence electrons. The summed E-state index contributed by atoms with van der Waals surface area (Å²) in [5.74, 6) is -1.16. The number of hydrogen-bond acceptors (Lipinski definition) is 9. The van der Waals surface area contributed by atoms with Gasteiger partial charge in [0, 0.05) is 49.8 Å². The summed E-state index contributed by atoms with van der Waals surface area (Å²) < 4.78 is 11.8. The first-order valence-electron chi connectivity index (χ1n) is 12.8. The Morgan fingerprint density at radius 1 is 1.22 bits per heavy atom. The van der Waals surface area contributed by atoms with Crippen LogP contribution in [0.25, 0.3) is 0 Å². The van der Waals surface area contributed by atoms with E-state index >= 15 is 0 Å². The zero-order valence-electron chi connectivity index (χ0n) is 22.5. The number of nitrogens with zero attached hydrogens (tertiary/aromatic N) is 5. The number of non-ortho nitro benzene ring substituents is 1. The van der Waals surface area contributed by atoms with Gasteiger partial charge in [-0.05, 0) is 30.7 Å². The standard InChI is InChI=1S/C28H28N6O7/c1-3-41-26(35)17-33-16-20-15-32(11-10-23(20)31-33)28(37)24(12-18-4-7-21(8-5-18)34(38)39)30-27(36)22-9-6-19(14-29)13-25(22)40-2/h4-9,13,16,24H,3,10-12,15,17H2,1-2H3,(H,30,36)/t24-/m0/s1. The monoisotopic (exact) mass is 560 g/mol. The van der Waals surface area contributed by atoms with Gasteiger partial charge in [-0.25, -0.2) is 0 Å². The highest BCUT2D eigenvalue weighted by Gasteiger charge is 2.31. The van der Waals surface area contributed by atoms with Crippen LogP contribution in [0.2, 0.25) is 0 Å². The molecule has 13 heteroatoms. The van der Waals surface area contributed by atoms with Gasteiger partial charge in [0.1, 0.15) is 18.3 Å². The number of fused-ring (bicyclic) bond motifs is 1. The summed E-state index contributed by atoms with van der Waals surface area (Å²) in [4.78, 5) is 51.2. The van der Waals surface area contributed by atoms with E-state index in [1.807, 2.05) is 6.07 Å². The molecule has 0 radical (unpaired) electrons. The number of hydrogen-bond donors (Lipinski definition) is 1. The number of aromatic nitrogens is 2. The van der Waals surface area contributed by atoms with Crippen molar-refractivity contribution in [3.8, 4) is 11.8 Å². The fraction of sp³-hybridized carbons (Fsp3) is 0.321. The normalized spacial score (nSPS) is 13.0. The average Bonchev–Trinajstić information content (AvgIpc) is 3.37. The minimum absolute atomic E-state index is 0.0416. The maximum atomic E-state index is 13.8. The molecule has 1 atom stereocenters. The Bertz CT molecular complexity index is 1510. The van der Waals surface area contributed by atoms with E-state index in [1.165, 1.54) is 42.1 Å². The fourth-order valence-corrected chi connectivity index (χ4v) is 4.57. The summed E-state index contributed by atoms with van der Waals surface area (Å²) in [6, 6.07) is 11.1. The van der Waals surface area contributed by atoms with Gasteiger partial charge in [-0.2, -0.15) is 10.4 Å². The van der Waals surface area contributed by atoms with Crippen LogP contribution < -0.4 is 10.1 Å². The minimum atomic E-state index is -1.01. The molecule has 2 heterocycles. The lowest BCUT2D eigenvalue weighted by atomic mass is 10.0. The second-order valence-electron chi connectivity index (χ2n) is 9.29. The molecule has 1 aliphatic heterocycles. The molecule has 0 bridgehead atoms. The smallest absolute Gasteiger partial charge is 0.327 e. The Kier molecular flexibility index (Phi) is 8.93. The highest BCUT2D eigenvalue weighted by Crippen LogP contribution is 2.23. The fourth-order valence-electron chi connectivity index (χ4n) is 4.57. The number of nitro benzene ring substituents is 1. The number of nitrogens with one attached hydrogen (secondary N) is 1. The number of carbonyl (C=O) groups is 3. The van der Waals surface area contributed by atoms with Crippen LogP contribution >= 0.6 is 0 Å². The molecule has 2 amide bonds. The van der Waals surface area contributed by atoms with Crippen LogP contribution in [-0.4, -0.2) is 63.7 Å². The molecule has 0 aliphatic carbocycles. The lowest BCUT2D eigenvalue weighted by Crippen LogP contribution is -2.50. The van der Waals surface area contributed by atoms with Crippen molar-refractivity contribution in [2.75, 3.05) is 20.3 Å². The summed E-state index contributed by atoms with van der Waals surface area (Å²) >= 11 is 0. The molecule has 13 nitrogen and oxygen atoms in total. The minimum Gasteiger partial charge on any atom is -0.496 e. The second kappa shape index (κ2) is 12.7. The zero-order valence-corrected chi connectivity index (χ0v) is 22.5. The molecule has 0 saturated carbocycles. The Hall–Kier alpha value is -5.25. The largest absolute Gasteiger partial charge is 0.496 e. The molecule has 2 aromatic carbocycles. The van der Waals surface area contributed by atoms with Crippen LogP contribution in [0.3, 0.4) is 0 Å². The summed E-state index contributed by atoms with van der Waals surface area (Å²) in [7, 11) is 1.38. The van der Waals surface area contributed by atoms with E-state index in [0.29, 0.717) is 24.1 Å². The highest BCUT2D eigenvalue weighted by molar-refractivity contribution is 6.00. The third-order valence-electron chi connectivity index (χ3n) is 6.58. The van der Waals surface area contributed by atoms with E-state index in [2.05, 4.69) is 10.4 Å². The Morgan fingerprint density at radius 2 is 1.98 bits per heavy atom. The van der Waals surface area contributed by atoms with E-state index in [-0.39, 0.29) is 49.0 Å². The number of benzene rings is 2. The van der Waals surface area contributed by atoms with Crippen LogP contribution in [0.4, 0.5) is 5.69 Å². The SMILES string of the molecule is CCOC(=O)Cn1cc2c(n1)CCN(C(=O)[C@H](Cc1ccc([N+](=O)[O-])cc1)NC(=O)c1ccc(C#N)cc1OC)C2. The number of carbonyl (C=O) groups excluding carboxylic acids is 3. The summed E-state index contributed by atoms with van der Waals surface area (Å²) in [5.41, 5.74) is 2.53. The van der Waals surface area contributed by atoms with Gasteiger partial charge in [-0.3, -0.25) is 29.2 Å². The van der Waals surface area contributed by atoms with E-state index in [4.69, 9.17) is 9.47 Å². The van der Waals surface area contributed by atoms with Gasteiger partial charge in [0.05, 0.1) is 41.5 Å². The predicted molar refractivity (Wildman–Crippen MR) is 144 cm³/mol. The molecular formula is C28H28N6O7. The molecule has 1 aromatic heterocycles. The van der Waals surface area contributed by atoms with Crippen molar-refractivity contribution < 1.29 is 28.8 Å². The number of amides is 2. The molecule has 3 aromatic rings. The lowest BCUT2D eigenvalue weighted by molar-refractivity contribution is -0.384. The van der Waals surface area contributed by atoms with Crippen molar-refractivity contribution in [3.05, 3.63) is 86.7 Å². The number of nitro groups is 1. The first-order chi connectivity index (χ1) is 19.7. The van der Waals surface area contributed by atoms with Gasteiger partial charge in [0.15, 0.2) is 0 Å². The zero-order chi connectivity index (χ0) is 29.5. The number of esters is 1. The van der Waals surface area contributed by atoms with Gasteiger partial charge in [0.2, 0.25) is 5.91 Å². The Labute approximate surface area is 235 Å². The average molecular weight is 561 g/mol. The molecule has 0 unspecified atom stereocenters. The molecule has 4 rings (SSSR count). The third kappa shape index (κ3) is 6.85. The summed E-state index contributed by atoms with van der Waals surface area (Å²) in [6.45, 7) is 2.51. The van der Waals surface area contributed by atoms with Crippen molar-refractivity contribution >= 4 is 23.5 Å². The Morgan fingerprint density at radius 3 is 2.63 bits per heavy atom. The number of methoxy groups -OCH3 is 1. The predicted octanol–water partition coefficient (Wildman–Crippen LogP) is 2.16. The van der Waals surface area contributed by atoms with Crippen LogP contribution in [0, 0.1) is 21.4 Å². The molecular weight excluding hydrogens is 532 g/mol. The van der Waals surface area contributed by atoms with Crippen LogP contribution in [0.15, 0.2) is 48.7 Å². The van der Waals surface area contributed by atoms with Gasteiger partial charge in [-0.15, -0.1) is 0 Å².